The number of carbonyl (C=O) groups excluding carboxylic acids is 1. The van der Waals surface area contributed by atoms with E-state index in [0.717, 1.165) is 63.0 Å². The first-order chi connectivity index (χ1) is 12.7. The Balaban J connectivity index is 0.00000261. The summed E-state index contributed by atoms with van der Waals surface area (Å²) in [5, 5.41) is 3.47. The molecule has 2 heterocycles. The summed E-state index contributed by atoms with van der Waals surface area (Å²) >= 11 is 0. The van der Waals surface area contributed by atoms with Crippen LogP contribution in [-0.2, 0) is 6.54 Å². The average molecular weight is 484 g/mol. The monoisotopic (exact) mass is 484 g/mol. The van der Waals surface area contributed by atoms with Crippen molar-refractivity contribution in [3.05, 3.63) is 35.4 Å². The summed E-state index contributed by atoms with van der Waals surface area (Å²) < 4.78 is 0. The first kappa shape index (κ1) is 22.0. The highest BCUT2D eigenvalue weighted by Crippen LogP contribution is 2.16. The predicted molar refractivity (Wildman–Crippen MR) is 122 cm³/mol. The molecule has 1 N–H and O–H groups in total. The minimum absolute atomic E-state index is 0. The van der Waals surface area contributed by atoms with Gasteiger partial charge in [-0.25, -0.2) is 0 Å². The van der Waals surface area contributed by atoms with Gasteiger partial charge in [-0.2, -0.15) is 0 Å². The Hall–Kier alpha value is -1.31. The van der Waals surface area contributed by atoms with Gasteiger partial charge in [-0.3, -0.25) is 9.79 Å². The van der Waals surface area contributed by atoms with E-state index in [1.165, 1.54) is 24.8 Å². The average Bonchev–Trinajstić information content (AvgIpc) is 2.69. The largest absolute Gasteiger partial charge is 0.352 e. The van der Waals surface area contributed by atoms with E-state index in [-0.39, 0.29) is 29.9 Å². The number of likely N-dealkylation sites (tertiary alicyclic amines) is 2. The lowest BCUT2D eigenvalue weighted by atomic mass is 10.0. The molecule has 2 saturated heterocycles. The smallest absolute Gasteiger partial charge is 0.253 e. The Labute approximate surface area is 180 Å². The summed E-state index contributed by atoms with van der Waals surface area (Å²) in [6.07, 6.45) is 6.03. The number of halogens is 1. The summed E-state index contributed by atoms with van der Waals surface area (Å²) in [7, 11) is 1.85. The minimum Gasteiger partial charge on any atom is -0.352 e. The van der Waals surface area contributed by atoms with E-state index < -0.39 is 0 Å². The number of amides is 1. The van der Waals surface area contributed by atoms with Crippen LogP contribution in [0.15, 0.2) is 29.3 Å². The second-order valence-electron chi connectivity index (χ2n) is 7.64. The van der Waals surface area contributed by atoms with Gasteiger partial charge in [0, 0.05) is 45.3 Å². The fraction of sp³-hybridized carbons (Fsp3) is 0.619. The van der Waals surface area contributed by atoms with Gasteiger partial charge in [0.15, 0.2) is 5.96 Å². The maximum atomic E-state index is 12.5. The number of hydrogen-bond donors (Lipinski definition) is 1. The maximum absolute atomic E-state index is 12.5. The Morgan fingerprint density at radius 2 is 1.74 bits per heavy atom. The van der Waals surface area contributed by atoms with Crippen LogP contribution < -0.4 is 5.32 Å². The number of nitrogens with one attached hydrogen (secondary N) is 1. The van der Waals surface area contributed by atoms with E-state index in [1.807, 2.05) is 24.1 Å². The normalized spacial score (nSPS) is 20.8. The van der Waals surface area contributed by atoms with E-state index in [4.69, 9.17) is 0 Å². The van der Waals surface area contributed by atoms with E-state index in [9.17, 15) is 4.79 Å². The summed E-state index contributed by atoms with van der Waals surface area (Å²) in [5.74, 6) is 1.87. The molecule has 1 aromatic carbocycles. The van der Waals surface area contributed by atoms with Crippen LogP contribution in [0.1, 0.15) is 54.9 Å². The number of benzene rings is 1. The molecule has 5 nitrogen and oxygen atoms in total. The van der Waals surface area contributed by atoms with Gasteiger partial charge in [0.1, 0.15) is 0 Å². The molecule has 1 unspecified atom stereocenters. The standard InChI is InChI=1S/C21H32N4O.HI/c1-17-7-6-14-25(16-17)21(22-2)23-15-18-8-10-19(11-9-18)20(26)24-12-4-3-5-13-24;/h8-11,17H,3-7,12-16H2,1-2H3,(H,22,23);1H. The van der Waals surface area contributed by atoms with E-state index in [2.05, 4.69) is 34.3 Å². The van der Waals surface area contributed by atoms with Crippen molar-refractivity contribution in [2.45, 2.75) is 45.6 Å². The van der Waals surface area contributed by atoms with Crippen molar-refractivity contribution < 1.29 is 4.79 Å². The molecule has 0 saturated carbocycles. The van der Waals surface area contributed by atoms with Crippen molar-refractivity contribution in [1.82, 2.24) is 15.1 Å². The topological polar surface area (TPSA) is 47.9 Å². The first-order valence-corrected chi connectivity index (χ1v) is 10.0. The third kappa shape index (κ3) is 6.09. The van der Waals surface area contributed by atoms with Crippen molar-refractivity contribution in [1.29, 1.82) is 0 Å². The van der Waals surface area contributed by atoms with Crippen LogP contribution in [0.3, 0.4) is 0 Å². The molecule has 0 bridgehead atoms. The zero-order valence-corrected chi connectivity index (χ0v) is 18.9. The van der Waals surface area contributed by atoms with E-state index >= 15 is 0 Å². The Morgan fingerprint density at radius 3 is 2.37 bits per heavy atom. The fourth-order valence-corrected chi connectivity index (χ4v) is 3.94. The number of carbonyl (C=O) groups is 1. The maximum Gasteiger partial charge on any atom is 0.253 e. The minimum atomic E-state index is 0. The number of hydrogen-bond acceptors (Lipinski definition) is 2. The number of aliphatic imine (C=N–C) groups is 1. The fourth-order valence-electron chi connectivity index (χ4n) is 3.94. The predicted octanol–water partition coefficient (Wildman–Crippen LogP) is 3.74. The number of piperidine rings is 2. The molecular weight excluding hydrogens is 451 g/mol. The highest BCUT2D eigenvalue weighted by atomic mass is 127. The van der Waals surface area contributed by atoms with Gasteiger partial charge in [0.05, 0.1) is 0 Å². The highest BCUT2D eigenvalue weighted by Gasteiger charge is 2.20. The van der Waals surface area contributed by atoms with Crippen LogP contribution in [0.5, 0.6) is 0 Å². The lowest BCUT2D eigenvalue weighted by Crippen LogP contribution is -2.45. The van der Waals surface area contributed by atoms with Gasteiger partial charge >= 0.3 is 0 Å². The zero-order chi connectivity index (χ0) is 18.4. The molecule has 150 valence electrons. The molecule has 0 radical (unpaired) electrons. The summed E-state index contributed by atoms with van der Waals surface area (Å²) in [5.41, 5.74) is 1.97. The Morgan fingerprint density at radius 1 is 1.07 bits per heavy atom. The van der Waals surface area contributed by atoms with Crippen molar-refractivity contribution in [2.75, 3.05) is 33.2 Å². The molecule has 1 amide bonds. The van der Waals surface area contributed by atoms with Crippen LogP contribution in [-0.4, -0.2) is 54.9 Å². The lowest BCUT2D eigenvalue weighted by molar-refractivity contribution is 0.0724. The summed E-state index contributed by atoms with van der Waals surface area (Å²) in [4.78, 5) is 21.3. The third-order valence-electron chi connectivity index (χ3n) is 5.46. The summed E-state index contributed by atoms with van der Waals surface area (Å²) in [6, 6.07) is 8.02. The summed E-state index contributed by atoms with van der Waals surface area (Å²) in [6.45, 7) is 6.98. The highest BCUT2D eigenvalue weighted by molar-refractivity contribution is 14.0. The van der Waals surface area contributed by atoms with Gasteiger partial charge in [0.2, 0.25) is 0 Å². The van der Waals surface area contributed by atoms with Gasteiger partial charge < -0.3 is 15.1 Å². The molecule has 2 aliphatic rings. The molecule has 2 aliphatic heterocycles. The molecule has 0 aromatic heterocycles. The molecule has 6 heteroatoms. The van der Waals surface area contributed by atoms with Crippen molar-refractivity contribution in [3.8, 4) is 0 Å². The van der Waals surface area contributed by atoms with E-state index in [1.54, 1.807) is 0 Å². The molecular formula is C21H33IN4O. The Bertz CT molecular complexity index is 626. The first-order valence-electron chi connectivity index (χ1n) is 10.0. The van der Waals surface area contributed by atoms with Gasteiger partial charge in [-0.05, 0) is 55.7 Å². The van der Waals surface area contributed by atoms with Crippen LogP contribution in [0.2, 0.25) is 0 Å². The molecule has 3 rings (SSSR count). The lowest BCUT2D eigenvalue weighted by Gasteiger charge is -2.33. The van der Waals surface area contributed by atoms with Crippen LogP contribution >= 0.6 is 24.0 Å². The van der Waals surface area contributed by atoms with Crippen molar-refractivity contribution in [3.63, 3.8) is 0 Å². The van der Waals surface area contributed by atoms with Crippen LogP contribution in [0.25, 0.3) is 0 Å². The van der Waals surface area contributed by atoms with E-state index in [0.29, 0.717) is 0 Å². The second-order valence-corrected chi connectivity index (χ2v) is 7.64. The molecule has 0 spiro atoms. The molecule has 1 atom stereocenters. The van der Waals surface area contributed by atoms with Crippen LogP contribution in [0, 0.1) is 5.92 Å². The van der Waals surface area contributed by atoms with Crippen LogP contribution in [0.4, 0.5) is 0 Å². The molecule has 0 aliphatic carbocycles. The van der Waals surface area contributed by atoms with Gasteiger partial charge in [0.25, 0.3) is 5.91 Å². The SMILES string of the molecule is CN=C(NCc1ccc(C(=O)N2CCCCC2)cc1)N1CCCC(C)C1.I. The molecule has 27 heavy (non-hydrogen) atoms. The Kier molecular flexibility index (Phi) is 8.86. The zero-order valence-electron chi connectivity index (χ0n) is 16.6. The van der Waals surface area contributed by atoms with Gasteiger partial charge in [-0.1, -0.05) is 19.1 Å². The van der Waals surface area contributed by atoms with Crippen molar-refractivity contribution in [2.24, 2.45) is 10.9 Å². The second kappa shape index (κ2) is 10.9. The number of guanidine groups is 1. The molecule has 1 aromatic rings. The quantitative estimate of drug-likeness (QED) is 0.404. The number of nitrogens with zero attached hydrogens (tertiary/aromatic N) is 3. The van der Waals surface area contributed by atoms with Crippen molar-refractivity contribution >= 4 is 35.8 Å². The van der Waals surface area contributed by atoms with Gasteiger partial charge in [-0.15, -0.1) is 24.0 Å². The molecule has 2 fully saturated rings. The number of rotatable bonds is 3. The third-order valence-corrected chi connectivity index (χ3v) is 5.46.